The van der Waals surface area contributed by atoms with Gasteiger partial charge in [-0.05, 0) is 12.1 Å². The van der Waals surface area contributed by atoms with Crippen LogP contribution in [0.1, 0.15) is 11.3 Å². The molecule has 0 fully saturated rings. The van der Waals surface area contributed by atoms with Gasteiger partial charge in [-0.2, -0.15) is 9.49 Å². The molecule has 0 saturated carbocycles. The van der Waals surface area contributed by atoms with Crippen LogP contribution in [0.25, 0.3) is 5.82 Å². The molecule has 2 aromatic rings. The van der Waals surface area contributed by atoms with Crippen LogP contribution in [0.2, 0.25) is 0 Å². The molecule has 17 heavy (non-hydrogen) atoms. The van der Waals surface area contributed by atoms with Crippen LogP contribution in [0.4, 0.5) is 4.39 Å². The molecule has 1 atom stereocenters. The Morgan fingerprint density at radius 2 is 2.29 bits per heavy atom. The second kappa shape index (κ2) is 3.92. The Kier molecular flexibility index (Phi) is 2.40. The molecular weight excluding hydrogens is 243 g/mol. The summed E-state index contributed by atoms with van der Waals surface area (Å²) in [7, 11) is 0. The summed E-state index contributed by atoms with van der Waals surface area (Å²) in [6, 6.07) is 4.59. The Morgan fingerprint density at radius 3 is 3.12 bits per heavy atom. The highest BCUT2D eigenvalue weighted by atomic mass is 35.5. The molecule has 3 rings (SSSR count). The third-order valence-corrected chi connectivity index (χ3v) is 2.82. The Balaban J connectivity index is 2.11. The van der Waals surface area contributed by atoms with E-state index in [0.717, 1.165) is 11.3 Å². The lowest BCUT2D eigenvalue weighted by Gasteiger charge is -2.12. The predicted octanol–water partition coefficient (Wildman–Crippen LogP) is 1.95. The molecule has 0 bridgehead atoms. The molecule has 0 saturated heterocycles. The maximum atomic E-state index is 13.1. The van der Waals surface area contributed by atoms with Crippen molar-refractivity contribution in [3.63, 3.8) is 0 Å². The van der Waals surface area contributed by atoms with Crippen molar-refractivity contribution in [2.45, 2.75) is 11.9 Å². The van der Waals surface area contributed by atoms with Gasteiger partial charge in [-0.15, -0.1) is 0 Å². The van der Waals surface area contributed by atoms with E-state index >= 15 is 0 Å². The van der Waals surface area contributed by atoms with Crippen LogP contribution in [0.5, 0.6) is 0 Å². The first-order valence-electron chi connectivity index (χ1n) is 5.11. The molecule has 0 N–H and O–H groups in total. The summed E-state index contributed by atoms with van der Waals surface area (Å²) in [6.07, 6.45) is 3.92. The molecule has 6 heteroatoms. The summed E-state index contributed by atoms with van der Waals surface area (Å²) < 4.78 is 14.7. The number of pyridine rings is 1. The third kappa shape index (κ3) is 1.82. The molecule has 1 aliphatic rings. The summed E-state index contributed by atoms with van der Waals surface area (Å²) in [5.41, 5.74) is 1.50. The predicted molar refractivity (Wildman–Crippen MR) is 62.3 cm³/mol. The Bertz CT molecular complexity index is 593. The van der Waals surface area contributed by atoms with E-state index in [2.05, 4.69) is 15.1 Å². The van der Waals surface area contributed by atoms with Crippen LogP contribution in [-0.2, 0) is 6.42 Å². The number of hydrogen-bond donors (Lipinski definition) is 0. The molecule has 3 heterocycles. The summed E-state index contributed by atoms with van der Waals surface area (Å²) in [5, 5.41) is 4.18. The first kappa shape index (κ1) is 10.4. The smallest absolute Gasteiger partial charge is 0.214 e. The van der Waals surface area contributed by atoms with Crippen molar-refractivity contribution in [1.29, 1.82) is 0 Å². The fourth-order valence-electron chi connectivity index (χ4n) is 1.78. The van der Waals surface area contributed by atoms with Gasteiger partial charge in [-0.1, -0.05) is 17.7 Å². The average Bonchev–Trinajstić information content (AvgIpc) is 2.71. The van der Waals surface area contributed by atoms with Gasteiger partial charge in [0.25, 0.3) is 0 Å². The van der Waals surface area contributed by atoms with Gasteiger partial charge in [-0.3, -0.25) is 4.99 Å². The highest BCUT2D eigenvalue weighted by Gasteiger charge is 2.19. The fourth-order valence-corrected chi connectivity index (χ4v) is 1.99. The monoisotopic (exact) mass is 250 g/mol. The highest BCUT2D eigenvalue weighted by Crippen LogP contribution is 2.20. The lowest BCUT2D eigenvalue weighted by molar-refractivity contribution is 0.575. The Labute approximate surface area is 102 Å². The number of halogens is 2. The normalized spacial score (nSPS) is 18.1. The van der Waals surface area contributed by atoms with Crippen molar-refractivity contribution in [3.05, 3.63) is 41.6 Å². The topological polar surface area (TPSA) is 43.1 Å². The number of fused-ring (bicyclic) bond motifs is 1. The van der Waals surface area contributed by atoms with Gasteiger partial charge in [0.05, 0.1) is 11.9 Å². The zero-order valence-electron chi connectivity index (χ0n) is 8.72. The maximum absolute atomic E-state index is 13.1. The minimum absolute atomic E-state index is 0.300. The van der Waals surface area contributed by atoms with E-state index in [4.69, 9.17) is 11.6 Å². The van der Waals surface area contributed by atoms with Gasteiger partial charge < -0.3 is 0 Å². The molecule has 0 radical (unpaired) electrons. The zero-order chi connectivity index (χ0) is 11.8. The molecule has 0 amide bonds. The van der Waals surface area contributed by atoms with Crippen LogP contribution < -0.4 is 0 Å². The second-order valence-corrected chi connectivity index (χ2v) is 4.20. The quantitative estimate of drug-likeness (QED) is 0.441. The number of aromatic nitrogens is 3. The second-order valence-electron chi connectivity index (χ2n) is 3.69. The highest BCUT2D eigenvalue weighted by molar-refractivity contribution is 6.21. The molecule has 0 spiro atoms. The molecule has 86 valence electrons. The number of rotatable bonds is 1. The lowest BCUT2D eigenvalue weighted by atomic mass is 10.1. The summed E-state index contributed by atoms with van der Waals surface area (Å²) in [4.78, 5) is 7.88. The van der Waals surface area contributed by atoms with Gasteiger partial charge in [-0.25, -0.2) is 9.67 Å². The van der Waals surface area contributed by atoms with Gasteiger partial charge >= 0.3 is 0 Å². The Hall–Kier alpha value is -1.75. The largest absolute Gasteiger partial charge is 0.273 e. The minimum atomic E-state index is -0.529. The Morgan fingerprint density at radius 1 is 1.41 bits per heavy atom. The van der Waals surface area contributed by atoms with Gasteiger partial charge in [0.2, 0.25) is 5.95 Å². The molecule has 1 unspecified atom stereocenters. The van der Waals surface area contributed by atoms with Crippen molar-refractivity contribution in [3.8, 4) is 5.82 Å². The lowest BCUT2D eigenvalue weighted by Crippen LogP contribution is -2.14. The van der Waals surface area contributed by atoms with Gasteiger partial charge in [0, 0.05) is 18.2 Å². The van der Waals surface area contributed by atoms with E-state index in [0.29, 0.717) is 12.2 Å². The van der Waals surface area contributed by atoms with Crippen molar-refractivity contribution in [2.24, 2.45) is 4.99 Å². The molecular formula is C11H8ClFN4. The first-order valence-corrected chi connectivity index (χ1v) is 5.55. The van der Waals surface area contributed by atoms with Crippen LogP contribution in [-0.4, -0.2) is 26.5 Å². The molecule has 1 aliphatic heterocycles. The average molecular weight is 251 g/mol. The van der Waals surface area contributed by atoms with E-state index < -0.39 is 5.95 Å². The summed E-state index contributed by atoms with van der Waals surface area (Å²) >= 11 is 5.96. The standard InChI is InChI=1S/C11H8ClFN4/c12-9-4-8-7(5-14-9)6-15-17(8)11-3-1-2-10(13)16-11/h1-3,5-6,9H,4H2. The fraction of sp³-hybridized carbons (Fsp3) is 0.182. The molecule has 2 aromatic heterocycles. The molecule has 0 aromatic carbocycles. The maximum Gasteiger partial charge on any atom is 0.214 e. The van der Waals surface area contributed by atoms with Crippen LogP contribution >= 0.6 is 11.6 Å². The number of aliphatic imine (C=N–C) groups is 1. The van der Waals surface area contributed by atoms with E-state index in [-0.39, 0.29) is 5.50 Å². The van der Waals surface area contributed by atoms with Gasteiger partial charge in [0.15, 0.2) is 5.82 Å². The van der Waals surface area contributed by atoms with Crippen LogP contribution in [0, 0.1) is 5.95 Å². The summed E-state index contributed by atoms with van der Waals surface area (Å²) in [5.74, 6) is -0.0796. The van der Waals surface area contributed by atoms with E-state index in [1.807, 2.05) is 0 Å². The SMILES string of the molecule is Fc1cccc(-n2ncc3c2CC(Cl)N=C3)n1. The zero-order valence-corrected chi connectivity index (χ0v) is 9.47. The van der Waals surface area contributed by atoms with E-state index in [9.17, 15) is 4.39 Å². The number of nitrogens with zero attached hydrogens (tertiary/aromatic N) is 4. The number of hydrogen-bond acceptors (Lipinski definition) is 3. The molecule has 4 nitrogen and oxygen atoms in total. The minimum Gasteiger partial charge on any atom is -0.273 e. The number of alkyl halides is 1. The van der Waals surface area contributed by atoms with E-state index in [1.165, 1.54) is 6.07 Å². The van der Waals surface area contributed by atoms with E-state index in [1.54, 1.807) is 29.2 Å². The van der Waals surface area contributed by atoms with Gasteiger partial charge in [0.1, 0.15) is 5.50 Å². The van der Waals surface area contributed by atoms with Crippen molar-refractivity contribution >= 4 is 17.8 Å². The first-order chi connectivity index (χ1) is 8.24. The van der Waals surface area contributed by atoms with Crippen LogP contribution in [0.3, 0.4) is 0 Å². The van der Waals surface area contributed by atoms with Crippen molar-refractivity contribution in [2.75, 3.05) is 0 Å². The molecule has 0 aliphatic carbocycles. The summed E-state index contributed by atoms with van der Waals surface area (Å²) in [6.45, 7) is 0. The third-order valence-electron chi connectivity index (χ3n) is 2.56. The van der Waals surface area contributed by atoms with Crippen molar-refractivity contribution in [1.82, 2.24) is 14.8 Å². The van der Waals surface area contributed by atoms with Crippen LogP contribution in [0.15, 0.2) is 29.4 Å². The van der Waals surface area contributed by atoms with Crippen molar-refractivity contribution < 1.29 is 4.39 Å².